The van der Waals surface area contributed by atoms with Crippen LogP contribution in [0.2, 0.25) is 0 Å². The van der Waals surface area contributed by atoms with Crippen molar-refractivity contribution in [3.8, 4) is 0 Å². The lowest BCUT2D eigenvalue weighted by Gasteiger charge is -2.31. The SMILES string of the molecule is NC1CCN(C(=O)C2CC23CCc2ccccc23)CC1. The molecule has 1 aliphatic heterocycles. The lowest BCUT2D eigenvalue weighted by atomic mass is 9.94. The van der Waals surface area contributed by atoms with Crippen molar-refractivity contribution in [1.82, 2.24) is 4.90 Å². The molecule has 2 unspecified atom stereocenters. The first-order valence-corrected chi connectivity index (χ1v) is 7.83. The van der Waals surface area contributed by atoms with Gasteiger partial charge in [0.25, 0.3) is 0 Å². The van der Waals surface area contributed by atoms with Gasteiger partial charge in [-0.25, -0.2) is 0 Å². The maximum atomic E-state index is 12.7. The average molecular weight is 270 g/mol. The van der Waals surface area contributed by atoms with Crippen LogP contribution >= 0.6 is 0 Å². The molecule has 1 saturated carbocycles. The number of amides is 1. The van der Waals surface area contributed by atoms with Crippen molar-refractivity contribution in [1.29, 1.82) is 0 Å². The van der Waals surface area contributed by atoms with Gasteiger partial charge < -0.3 is 10.6 Å². The number of fused-ring (bicyclic) bond motifs is 2. The Kier molecular flexibility index (Phi) is 2.68. The fourth-order valence-electron chi connectivity index (χ4n) is 4.26. The van der Waals surface area contributed by atoms with E-state index in [1.165, 1.54) is 11.1 Å². The zero-order valence-electron chi connectivity index (χ0n) is 11.8. The van der Waals surface area contributed by atoms with Gasteiger partial charge in [0.05, 0.1) is 0 Å². The van der Waals surface area contributed by atoms with Crippen LogP contribution in [0.4, 0.5) is 0 Å². The van der Waals surface area contributed by atoms with E-state index in [-0.39, 0.29) is 11.3 Å². The van der Waals surface area contributed by atoms with Crippen LogP contribution in [0.15, 0.2) is 24.3 Å². The summed E-state index contributed by atoms with van der Waals surface area (Å²) in [5.74, 6) is 0.620. The van der Waals surface area contributed by atoms with Crippen LogP contribution in [-0.4, -0.2) is 29.9 Å². The largest absolute Gasteiger partial charge is 0.342 e. The summed E-state index contributed by atoms with van der Waals surface area (Å²) in [6.45, 7) is 1.71. The summed E-state index contributed by atoms with van der Waals surface area (Å²) in [5.41, 5.74) is 9.03. The van der Waals surface area contributed by atoms with Crippen LogP contribution < -0.4 is 5.73 Å². The molecule has 1 heterocycles. The topological polar surface area (TPSA) is 46.3 Å². The number of hydrogen-bond acceptors (Lipinski definition) is 2. The van der Waals surface area contributed by atoms with Gasteiger partial charge in [-0.05, 0) is 43.2 Å². The third-order valence-corrected chi connectivity index (χ3v) is 5.62. The summed E-state index contributed by atoms with van der Waals surface area (Å²) in [5, 5.41) is 0. The second-order valence-electron chi connectivity index (χ2n) is 6.73. The normalized spacial score (nSPS) is 32.5. The molecule has 1 saturated heterocycles. The number of rotatable bonds is 1. The van der Waals surface area contributed by atoms with Crippen molar-refractivity contribution in [3.63, 3.8) is 0 Å². The molecular weight excluding hydrogens is 248 g/mol. The highest BCUT2D eigenvalue weighted by Crippen LogP contribution is 2.62. The van der Waals surface area contributed by atoms with E-state index in [1.807, 2.05) is 0 Å². The van der Waals surface area contributed by atoms with Crippen LogP contribution in [0.3, 0.4) is 0 Å². The summed E-state index contributed by atoms with van der Waals surface area (Å²) < 4.78 is 0. The van der Waals surface area contributed by atoms with Crippen molar-refractivity contribution >= 4 is 5.91 Å². The minimum atomic E-state index is 0.188. The van der Waals surface area contributed by atoms with Gasteiger partial charge in [0.1, 0.15) is 0 Å². The molecule has 0 radical (unpaired) electrons. The maximum Gasteiger partial charge on any atom is 0.226 e. The summed E-state index contributed by atoms with van der Waals surface area (Å²) in [4.78, 5) is 14.8. The molecule has 106 valence electrons. The van der Waals surface area contributed by atoms with Gasteiger partial charge in [0.15, 0.2) is 0 Å². The molecule has 3 nitrogen and oxygen atoms in total. The molecule has 1 aromatic carbocycles. The van der Waals surface area contributed by atoms with Crippen molar-refractivity contribution in [2.24, 2.45) is 11.7 Å². The Hall–Kier alpha value is -1.35. The Morgan fingerprint density at radius 3 is 2.80 bits per heavy atom. The highest BCUT2D eigenvalue weighted by atomic mass is 16.2. The fraction of sp³-hybridized carbons (Fsp3) is 0.588. The molecule has 1 spiro atoms. The molecule has 3 aliphatic rings. The predicted octanol–water partition coefficient (Wildman–Crippen LogP) is 1.84. The Morgan fingerprint density at radius 1 is 1.25 bits per heavy atom. The Balaban J connectivity index is 1.52. The molecule has 20 heavy (non-hydrogen) atoms. The quantitative estimate of drug-likeness (QED) is 0.846. The van der Waals surface area contributed by atoms with Crippen LogP contribution in [0, 0.1) is 5.92 Å². The Labute approximate surface area is 120 Å². The monoisotopic (exact) mass is 270 g/mol. The molecule has 0 aromatic heterocycles. The number of carbonyl (C=O) groups excluding carboxylic acids is 1. The van der Waals surface area contributed by atoms with Crippen LogP contribution in [0.5, 0.6) is 0 Å². The van der Waals surface area contributed by atoms with Gasteiger partial charge in [-0.3, -0.25) is 4.79 Å². The van der Waals surface area contributed by atoms with Crippen molar-refractivity contribution in [2.75, 3.05) is 13.1 Å². The van der Waals surface area contributed by atoms with Gasteiger partial charge >= 0.3 is 0 Å². The lowest BCUT2D eigenvalue weighted by molar-refractivity contribution is -0.134. The highest BCUT2D eigenvalue weighted by molar-refractivity contribution is 5.85. The zero-order chi connectivity index (χ0) is 13.7. The Morgan fingerprint density at radius 2 is 2.00 bits per heavy atom. The predicted molar refractivity (Wildman–Crippen MR) is 78.3 cm³/mol. The number of piperidine rings is 1. The Bertz CT molecular complexity index is 548. The molecule has 2 fully saturated rings. The van der Waals surface area contributed by atoms with E-state index in [0.717, 1.165) is 45.2 Å². The lowest BCUT2D eigenvalue weighted by Crippen LogP contribution is -2.44. The molecule has 0 bridgehead atoms. The molecule has 1 amide bonds. The van der Waals surface area contributed by atoms with Gasteiger partial charge in [-0.2, -0.15) is 0 Å². The molecule has 2 N–H and O–H groups in total. The van der Waals surface area contributed by atoms with Crippen molar-refractivity contribution < 1.29 is 4.79 Å². The molecule has 2 atom stereocenters. The fourth-order valence-corrected chi connectivity index (χ4v) is 4.26. The number of nitrogens with zero attached hydrogens (tertiary/aromatic N) is 1. The molecule has 2 aliphatic carbocycles. The highest BCUT2D eigenvalue weighted by Gasteiger charge is 2.62. The molecule has 3 heteroatoms. The van der Waals surface area contributed by atoms with Crippen molar-refractivity contribution in [2.45, 2.75) is 43.6 Å². The van der Waals surface area contributed by atoms with Crippen LogP contribution in [0.1, 0.15) is 36.8 Å². The van der Waals surface area contributed by atoms with E-state index in [0.29, 0.717) is 11.9 Å². The molecule has 1 aromatic rings. The molecular formula is C17H22N2O. The smallest absolute Gasteiger partial charge is 0.226 e. The van der Waals surface area contributed by atoms with E-state index in [4.69, 9.17) is 5.73 Å². The standard InChI is InChI=1S/C17H22N2O/c18-13-6-9-19(10-7-13)16(20)15-11-17(15)8-5-12-3-1-2-4-14(12)17/h1-4,13,15H,5-11,18H2. The number of carbonyl (C=O) groups is 1. The third kappa shape index (κ3) is 1.72. The van der Waals surface area contributed by atoms with Crippen LogP contribution in [-0.2, 0) is 16.6 Å². The zero-order valence-corrected chi connectivity index (χ0v) is 11.8. The number of nitrogens with two attached hydrogens (primary N) is 1. The number of likely N-dealkylation sites (tertiary alicyclic amines) is 1. The second-order valence-corrected chi connectivity index (χ2v) is 6.73. The van der Waals surface area contributed by atoms with E-state index < -0.39 is 0 Å². The first-order valence-electron chi connectivity index (χ1n) is 7.83. The summed E-state index contributed by atoms with van der Waals surface area (Å²) in [7, 11) is 0. The van der Waals surface area contributed by atoms with Crippen molar-refractivity contribution in [3.05, 3.63) is 35.4 Å². The van der Waals surface area contributed by atoms with Crippen LogP contribution in [0.25, 0.3) is 0 Å². The third-order valence-electron chi connectivity index (χ3n) is 5.62. The number of benzene rings is 1. The van der Waals surface area contributed by atoms with E-state index >= 15 is 0 Å². The van der Waals surface area contributed by atoms with E-state index in [2.05, 4.69) is 29.2 Å². The first-order chi connectivity index (χ1) is 9.71. The van der Waals surface area contributed by atoms with E-state index in [1.54, 1.807) is 0 Å². The number of hydrogen-bond donors (Lipinski definition) is 1. The summed E-state index contributed by atoms with van der Waals surface area (Å²) in [6.07, 6.45) is 5.29. The average Bonchev–Trinajstić information content (AvgIpc) is 3.09. The minimum absolute atomic E-state index is 0.188. The maximum absolute atomic E-state index is 12.7. The summed E-state index contributed by atoms with van der Waals surface area (Å²) in [6, 6.07) is 8.99. The first kappa shape index (κ1) is 12.4. The minimum Gasteiger partial charge on any atom is -0.342 e. The summed E-state index contributed by atoms with van der Waals surface area (Å²) >= 11 is 0. The van der Waals surface area contributed by atoms with Gasteiger partial charge in [0, 0.05) is 30.5 Å². The van der Waals surface area contributed by atoms with E-state index in [9.17, 15) is 4.79 Å². The van der Waals surface area contributed by atoms with Gasteiger partial charge in [0.2, 0.25) is 5.91 Å². The molecule has 4 rings (SSSR count). The van der Waals surface area contributed by atoms with Gasteiger partial charge in [-0.15, -0.1) is 0 Å². The number of aryl methyl sites for hydroxylation is 1. The van der Waals surface area contributed by atoms with Gasteiger partial charge in [-0.1, -0.05) is 24.3 Å². The second kappa shape index (κ2) is 4.32.